The maximum Gasteiger partial charge on any atom is 0.317 e. The Kier molecular flexibility index (Phi) is 6.14. The van der Waals surface area contributed by atoms with Gasteiger partial charge in [-0.2, -0.15) is 16.9 Å². The van der Waals surface area contributed by atoms with Crippen molar-refractivity contribution in [1.29, 1.82) is 0 Å². The van der Waals surface area contributed by atoms with Gasteiger partial charge in [-0.05, 0) is 33.2 Å². The van der Waals surface area contributed by atoms with Crippen LogP contribution in [0.4, 0.5) is 4.79 Å². The van der Waals surface area contributed by atoms with Gasteiger partial charge in [-0.15, -0.1) is 0 Å². The minimum Gasteiger partial charge on any atom is -0.336 e. The summed E-state index contributed by atoms with van der Waals surface area (Å²) in [5.74, 6) is 2.17. The fourth-order valence-electron chi connectivity index (χ4n) is 2.69. The zero-order valence-corrected chi connectivity index (χ0v) is 14.8. The predicted molar refractivity (Wildman–Crippen MR) is 91.1 cm³/mol. The monoisotopic (exact) mass is 325 g/mol. The molecule has 1 saturated heterocycles. The molecule has 0 spiro atoms. The number of rotatable bonds is 4. The van der Waals surface area contributed by atoms with Crippen LogP contribution in [0.25, 0.3) is 0 Å². The number of amides is 2. The Labute approximate surface area is 137 Å². The van der Waals surface area contributed by atoms with Gasteiger partial charge in [0.15, 0.2) is 0 Å². The molecule has 22 heavy (non-hydrogen) atoms. The summed E-state index contributed by atoms with van der Waals surface area (Å²) in [6.45, 7) is 3.56. The second-order valence-corrected chi connectivity index (χ2v) is 7.28. The number of nitrogens with one attached hydrogen (secondary N) is 1. The number of likely N-dealkylation sites (N-methyl/N-ethyl adjacent to an activating group) is 1. The van der Waals surface area contributed by atoms with Crippen LogP contribution >= 0.6 is 11.8 Å². The molecule has 1 aliphatic rings. The average Bonchev–Trinajstić information content (AvgIpc) is 2.76. The molecule has 1 aromatic heterocycles. The molecule has 2 atom stereocenters. The lowest BCUT2D eigenvalue weighted by Gasteiger charge is -2.29. The van der Waals surface area contributed by atoms with Crippen molar-refractivity contribution in [2.75, 3.05) is 38.7 Å². The van der Waals surface area contributed by atoms with Crippen molar-refractivity contribution in [3.8, 4) is 0 Å². The predicted octanol–water partition coefficient (Wildman–Crippen LogP) is 1.56. The second kappa shape index (κ2) is 7.87. The number of aryl methyl sites for hydroxylation is 1. The van der Waals surface area contributed by atoms with Crippen molar-refractivity contribution < 1.29 is 4.79 Å². The van der Waals surface area contributed by atoms with Crippen molar-refractivity contribution in [3.63, 3.8) is 0 Å². The van der Waals surface area contributed by atoms with E-state index in [-0.39, 0.29) is 12.1 Å². The van der Waals surface area contributed by atoms with E-state index in [1.54, 1.807) is 4.68 Å². The van der Waals surface area contributed by atoms with Crippen LogP contribution in [-0.4, -0.2) is 70.3 Å². The van der Waals surface area contributed by atoms with Gasteiger partial charge in [0, 0.05) is 43.7 Å². The molecule has 0 saturated carbocycles. The fraction of sp³-hybridized carbons (Fsp3) is 0.733. The van der Waals surface area contributed by atoms with Crippen LogP contribution in [0, 0.1) is 0 Å². The van der Waals surface area contributed by atoms with Crippen LogP contribution in [0.2, 0.25) is 0 Å². The first-order valence-electron chi connectivity index (χ1n) is 7.76. The molecule has 124 valence electrons. The third-order valence-corrected chi connectivity index (χ3v) is 5.12. The first-order valence-corrected chi connectivity index (χ1v) is 8.91. The standard InChI is InChI=1S/C15H27N5OS/c1-12-5-7-22-8-6-20(12)15(21)16-10-14(18(2)3)13-9-17-19(4)11-13/h9,11-12,14H,5-8,10H2,1-4H3,(H,16,21)/t12-,14+/m1/s1. The van der Waals surface area contributed by atoms with E-state index in [4.69, 9.17) is 0 Å². The molecule has 2 heterocycles. The number of aromatic nitrogens is 2. The number of nitrogens with zero attached hydrogens (tertiary/aromatic N) is 4. The average molecular weight is 325 g/mol. The van der Waals surface area contributed by atoms with Gasteiger partial charge in [-0.3, -0.25) is 4.68 Å². The summed E-state index contributed by atoms with van der Waals surface area (Å²) in [6, 6.07) is 0.492. The van der Waals surface area contributed by atoms with Crippen LogP contribution in [0.3, 0.4) is 0 Å². The molecule has 1 N–H and O–H groups in total. The summed E-state index contributed by atoms with van der Waals surface area (Å²) in [5, 5.41) is 7.32. The molecule has 0 unspecified atom stereocenters. The molecule has 6 nitrogen and oxygen atoms in total. The lowest BCUT2D eigenvalue weighted by molar-refractivity contribution is 0.178. The highest BCUT2D eigenvalue weighted by Crippen LogP contribution is 2.18. The minimum absolute atomic E-state index is 0.0470. The summed E-state index contributed by atoms with van der Waals surface area (Å²) in [5.41, 5.74) is 1.12. The number of carbonyl (C=O) groups excluding carboxylic acids is 1. The van der Waals surface area contributed by atoms with Crippen molar-refractivity contribution in [3.05, 3.63) is 18.0 Å². The topological polar surface area (TPSA) is 53.4 Å². The molecule has 0 radical (unpaired) electrons. The van der Waals surface area contributed by atoms with Gasteiger partial charge < -0.3 is 15.1 Å². The highest BCUT2D eigenvalue weighted by Gasteiger charge is 2.23. The molecular formula is C15H27N5OS. The molecule has 0 aromatic carbocycles. The van der Waals surface area contributed by atoms with Gasteiger partial charge in [0.2, 0.25) is 0 Å². The van der Waals surface area contributed by atoms with Gasteiger partial charge in [-0.1, -0.05) is 0 Å². The van der Waals surface area contributed by atoms with E-state index in [1.165, 1.54) is 0 Å². The van der Waals surface area contributed by atoms with Crippen LogP contribution in [-0.2, 0) is 7.05 Å². The van der Waals surface area contributed by atoms with E-state index < -0.39 is 0 Å². The summed E-state index contributed by atoms with van der Waals surface area (Å²) >= 11 is 1.93. The van der Waals surface area contributed by atoms with E-state index in [9.17, 15) is 4.79 Å². The Morgan fingerprint density at radius 1 is 1.55 bits per heavy atom. The van der Waals surface area contributed by atoms with Crippen molar-refractivity contribution in [2.24, 2.45) is 7.05 Å². The van der Waals surface area contributed by atoms with E-state index in [1.807, 2.05) is 50.2 Å². The molecule has 1 fully saturated rings. The van der Waals surface area contributed by atoms with Gasteiger partial charge in [0.25, 0.3) is 0 Å². The zero-order valence-electron chi connectivity index (χ0n) is 14.0. The summed E-state index contributed by atoms with van der Waals surface area (Å²) < 4.78 is 1.79. The Bertz CT molecular complexity index is 490. The van der Waals surface area contributed by atoms with Gasteiger partial charge >= 0.3 is 6.03 Å². The maximum absolute atomic E-state index is 12.5. The third-order valence-electron chi connectivity index (χ3n) is 4.13. The Hall–Kier alpha value is -1.21. The highest BCUT2D eigenvalue weighted by atomic mass is 32.2. The highest BCUT2D eigenvalue weighted by molar-refractivity contribution is 7.99. The molecule has 1 aliphatic heterocycles. The van der Waals surface area contributed by atoms with Crippen molar-refractivity contribution >= 4 is 17.8 Å². The molecule has 2 amide bonds. The quantitative estimate of drug-likeness (QED) is 0.913. The molecule has 1 aromatic rings. The maximum atomic E-state index is 12.5. The minimum atomic E-state index is 0.0470. The smallest absolute Gasteiger partial charge is 0.317 e. The normalized spacial score (nSPS) is 20.8. The molecule has 0 aliphatic carbocycles. The molecule has 7 heteroatoms. The molecule has 0 bridgehead atoms. The number of thioether (sulfide) groups is 1. The Morgan fingerprint density at radius 3 is 2.95 bits per heavy atom. The van der Waals surface area contributed by atoms with E-state index in [0.29, 0.717) is 12.6 Å². The molecule has 2 rings (SSSR count). The summed E-state index contributed by atoms with van der Waals surface area (Å²) in [7, 11) is 5.95. The van der Waals surface area contributed by atoms with E-state index >= 15 is 0 Å². The third kappa shape index (κ3) is 4.39. The largest absolute Gasteiger partial charge is 0.336 e. The van der Waals surface area contributed by atoms with Gasteiger partial charge in [-0.25, -0.2) is 4.79 Å². The number of hydrogen-bond donors (Lipinski definition) is 1. The fourth-order valence-corrected chi connectivity index (χ4v) is 3.73. The lowest BCUT2D eigenvalue weighted by atomic mass is 10.1. The van der Waals surface area contributed by atoms with Gasteiger partial charge in [0.05, 0.1) is 12.2 Å². The van der Waals surface area contributed by atoms with E-state index in [2.05, 4.69) is 22.2 Å². The number of hydrogen-bond acceptors (Lipinski definition) is 4. The zero-order chi connectivity index (χ0) is 16.1. The van der Waals surface area contributed by atoms with Crippen molar-refractivity contribution in [2.45, 2.75) is 25.4 Å². The number of urea groups is 1. The van der Waals surface area contributed by atoms with Crippen LogP contribution < -0.4 is 5.32 Å². The van der Waals surface area contributed by atoms with Crippen molar-refractivity contribution in [1.82, 2.24) is 24.9 Å². The number of carbonyl (C=O) groups is 1. The van der Waals surface area contributed by atoms with E-state index in [0.717, 1.165) is 30.0 Å². The Balaban J connectivity index is 1.95. The first kappa shape index (κ1) is 17.1. The van der Waals surface area contributed by atoms with Crippen LogP contribution in [0.5, 0.6) is 0 Å². The van der Waals surface area contributed by atoms with Crippen LogP contribution in [0.15, 0.2) is 12.4 Å². The Morgan fingerprint density at radius 2 is 2.32 bits per heavy atom. The first-order chi connectivity index (χ1) is 10.5. The molecular weight excluding hydrogens is 298 g/mol. The lowest BCUT2D eigenvalue weighted by Crippen LogP contribution is -2.47. The summed E-state index contributed by atoms with van der Waals surface area (Å²) in [4.78, 5) is 16.6. The van der Waals surface area contributed by atoms with Gasteiger partial charge in [0.1, 0.15) is 0 Å². The van der Waals surface area contributed by atoms with Crippen LogP contribution in [0.1, 0.15) is 24.9 Å². The second-order valence-electron chi connectivity index (χ2n) is 6.06. The summed E-state index contributed by atoms with van der Waals surface area (Å²) in [6.07, 6.45) is 4.93. The SMILES string of the molecule is C[C@@H]1CCSCCN1C(=O)NC[C@@H](c1cnn(C)c1)N(C)C.